The minimum Gasteiger partial charge on any atom is -0.495 e. The second-order valence-electron chi connectivity index (χ2n) is 3.81. The number of carbonyl (C=O) groups excluding carboxylic acids is 1. The second-order valence-corrected chi connectivity index (χ2v) is 6.35. The lowest BCUT2D eigenvalue weighted by atomic mass is 10.1. The molecule has 6 nitrogen and oxygen atoms in total. The van der Waals surface area contributed by atoms with E-state index in [-0.39, 0.29) is 23.7 Å². The summed E-state index contributed by atoms with van der Waals surface area (Å²) in [5, 5.41) is 0. The van der Waals surface area contributed by atoms with Crippen molar-refractivity contribution in [2.75, 3.05) is 27.4 Å². The third kappa shape index (κ3) is 4.99. The molecule has 0 aliphatic heterocycles. The maximum absolute atomic E-state index is 11.5. The molecule has 0 bridgehead atoms. The molecule has 0 aliphatic rings. The van der Waals surface area contributed by atoms with Gasteiger partial charge in [-0.15, -0.1) is 0 Å². The first-order chi connectivity index (χ1) is 9.38. The molecule has 1 aromatic carbocycles. The molecule has 0 heterocycles. The van der Waals surface area contributed by atoms with E-state index in [9.17, 15) is 13.2 Å². The van der Waals surface area contributed by atoms with Crippen molar-refractivity contribution >= 4 is 25.7 Å². The number of esters is 1. The highest BCUT2D eigenvalue weighted by molar-refractivity contribution is 8.13. The van der Waals surface area contributed by atoms with Crippen molar-refractivity contribution in [1.82, 2.24) is 0 Å². The molecule has 0 aliphatic carbocycles. The van der Waals surface area contributed by atoms with Gasteiger partial charge < -0.3 is 14.2 Å². The third-order valence-electron chi connectivity index (χ3n) is 2.39. The monoisotopic (exact) mass is 322 g/mol. The van der Waals surface area contributed by atoms with Crippen LogP contribution >= 0.6 is 10.7 Å². The van der Waals surface area contributed by atoms with Crippen LogP contribution in [0, 0.1) is 0 Å². The van der Waals surface area contributed by atoms with Crippen LogP contribution in [-0.4, -0.2) is 41.8 Å². The predicted molar refractivity (Wildman–Crippen MR) is 72.6 cm³/mol. The molecule has 0 unspecified atom stereocenters. The Morgan fingerprint density at radius 1 is 1.25 bits per heavy atom. The van der Waals surface area contributed by atoms with Crippen LogP contribution in [0.1, 0.15) is 5.56 Å². The Labute approximate surface area is 122 Å². The molecular weight excluding hydrogens is 308 g/mol. The summed E-state index contributed by atoms with van der Waals surface area (Å²) in [4.78, 5) is 11.3. The highest BCUT2D eigenvalue weighted by atomic mass is 35.7. The quantitative estimate of drug-likeness (QED) is 0.428. The van der Waals surface area contributed by atoms with Gasteiger partial charge in [-0.2, -0.15) is 0 Å². The van der Waals surface area contributed by atoms with Gasteiger partial charge in [-0.25, -0.2) is 8.42 Å². The standard InChI is InChI=1S/C12H15ClO6S/c1-17-5-6-19-12(14)8-9-3-4-10(18-2)11(7-9)20(13,15)16/h3-4,7H,5-6,8H2,1-2H3. The van der Waals surface area contributed by atoms with Gasteiger partial charge in [-0.05, 0) is 17.7 Å². The number of carbonyl (C=O) groups is 1. The van der Waals surface area contributed by atoms with Crippen molar-refractivity contribution < 1.29 is 27.4 Å². The first kappa shape index (κ1) is 16.7. The molecule has 1 rings (SSSR count). The van der Waals surface area contributed by atoms with Gasteiger partial charge in [0.1, 0.15) is 17.3 Å². The Kier molecular flexibility index (Phi) is 6.25. The molecule has 0 fully saturated rings. The van der Waals surface area contributed by atoms with Crippen LogP contribution in [-0.2, 0) is 29.7 Å². The van der Waals surface area contributed by atoms with Crippen LogP contribution in [0.3, 0.4) is 0 Å². The Hall–Kier alpha value is -1.31. The van der Waals surface area contributed by atoms with Crippen LogP contribution in [0.2, 0.25) is 0 Å². The molecule has 0 saturated heterocycles. The molecule has 112 valence electrons. The van der Waals surface area contributed by atoms with Crippen molar-refractivity contribution in [2.45, 2.75) is 11.3 Å². The fourth-order valence-corrected chi connectivity index (χ4v) is 2.52. The summed E-state index contributed by atoms with van der Waals surface area (Å²) in [5.41, 5.74) is 0.465. The molecule has 0 radical (unpaired) electrons. The average Bonchev–Trinajstić information content (AvgIpc) is 2.38. The summed E-state index contributed by atoms with van der Waals surface area (Å²) in [6.45, 7) is 0.446. The van der Waals surface area contributed by atoms with Crippen LogP contribution in [0.15, 0.2) is 23.1 Å². The molecule has 8 heteroatoms. The Balaban J connectivity index is 2.85. The SMILES string of the molecule is COCCOC(=O)Cc1ccc(OC)c(S(=O)(=O)Cl)c1. The van der Waals surface area contributed by atoms with Crippen molar-refractivity contribution in [3.8, 4) is 5.75 Å². The van der Waals surface area contributed by atoms with Crippen molar-refractivity contribution in [3.63, 3.8) is 0 Å². The van der Waals surface area contributed by atoms with E-state index in [4.69, 9.17) is 24.9 Å². The predicted octanol–water partition coefficient (Wildman–Crippen LogP) is 1.35. The van der Waals surface area contributed by atoms with Gasteiger partial charge in [0.25, 0.3) is 9.05 Å². The largest absolute Gasteiger partial charge is 0.495 e. The van der Waals surface area contributed by atoms with Gasteiger partial charge in [0.05, 0.1) is 20.1 Å². The molecule has 0 N–H and O–H groups in total. The van der Waals surface area contributed by atoms with Crippen LogP contribution in [0.25, 0.3) is 0 Å². The van der Waals surface area contributed by atoms with Crippen LogP contribution < -0.4 is 4.74 Å². The fraction of sp³-hybridized carbons (Fsp3) is 0.417. The van der Waals surface area contributed by atoms with E-state index in [1.165, 1.54) is 26.4 Å². The Morgan fingerprint density at radius 2 is 1.95 bits per heavy atom. The Bertz CT molecular complexity index is 569. The molecular formula is C12H15ClO6S. The molecule has 0 saturated carbocycles. The van der Waals surface area contributed by atoms with Crippen molar-refractivity contribution in [1.29, 1.82) is 0 Å². The summed E-state index contributed by atoms with van der Waals surface area (Å²) in [7, 11) is 4.19. The summed E-state index contributed by atoms with van der Waals surface area (Å²) < 4.78 is 37.4. The number of hydrogen-bond donors (Lipinski definition) is 0. The van der Waals surface area contributed by atoms with Gasteiger partial charge in [0, 0.05) is 17.8 Å². The minimum absolute atomic E-state index is 0.0624. The lowest BCUT2D eigenvalue weighted by Crippen LogP contribution is -2.12. The highest BCUT2D eigenvalue weighted by Crippen LogP contribution is 2.28. The molecule has 0 atom stereocenters. The van der Waals surface area contributed by atoms with Gasteiger partial charge in [0.2, 0.25) is 0 Å². The van der Waals surface area contributed by atoms with Gasteiger partial charge in [0.15, 0.2) is 0 Å². The summed E-state index contributed by atoms with van der Waals surface area (Å²) >= 11 is 0. The van der Waals surface area contributed by atoms with E-state index in [1.807, 2.05) is 0 Å². The normalized spacial score (nSPS) is 11.2. The van der Waals surface area contributed by atoms with Crippen molar-refractivity contribution in [2.24, 2.45) is 0 Å². The average molecular weight is 323 g/mol. The maximum atomic E-state index is 11.5. The summed E-state index contributed by atoms with van der Waals surface area (Å²) in [6.07, 6.45) is -0.0624. The molecule has 0 amide bonds. The van der Waals surface area contributed by atoms with Crippen LogP contribution in [0.4, 0.5) is 0 Å². The number of hydrogen-bond acceptors (Lipinski definition) is 6. The minimum atomic E-state index is -3.95. The van der Waals surface area contributed by atoms with Gasteiger partial charge in [-0.3, -0.25) is 4.79 Å². The van der Waals surface area contributed by atoms with E-state index in [0.717, 1.165) is 0 Å². The topological polar surface area (TPSA) is 78.9 Å². The van der Waals surface area contributed by atoms with Gasteiger partial charge >= 0.3 is 5.97 Å². The number of rotatable bonds is 7. The lowest BCUT2D eigenvalue weighted by molar-refractivity contribution is -0.144. The van der Waals surface area contributed by atoms with Crippen molar-refractivity contribution in [3.05, 3.63) is 23.8 Å². The smallest absolute Gasteiger partial charge is 0.310 e. The zero-order chi connectivity index (χ0) is 15.2. The van der Waals surface area contributed by atoms with E-state index in [1.54, 1.807) is 6.07 Å². The van der Waals surface area contributed by atoms with E-state index < -0.39 is 15.0 Å². The van der Waals surface area contributed by atoms with E-state index >= 15 is 0 Å². The third-order valence-corrected chi connectivity index (χ3v) is 3.73. The molecule has 0 aromatic heterocycles. The molecule has 0 spiro atoms. The van der Waals surface area contributed by atoms with E-state index in [0.29, 0.717) is 12.2 Å². The lowest BCUT2D eigenvalue weighted by Gasteiger charge is -2.08. The fourth-order valence-electron chi connectivity index (χ4n) is 1.48. The zero-order valence-electron chi connectivity index (χ0n) is 11.1. The summed E-state index contributed by atoms with van der Waals surface area (Å²) in [5.74, 6) is -0.360. The number of methoxy groups -OCH3 is 2. The molecule has 1 aromatic rings. The Morgan fingerprint density at radius 3 is 2.50 bits per heavy atom. The maximum Gasteiger partial charge on any atom is 0.310 e. The number of halogens is 1. The molecule has 20 heavy (non-hydrogen) atoms. The highest BCUT2D eigenvalue weighted by Gasteiger charge is 2.18. The first-order valence-corrected chi connectivity index (χ1v) is 7.95. The summed E-state index contributed by atoms with van der Waals surface area (Å²) in [6, 6.07) is 4.30. The number of ether oxygens (including phenoxy) is 3. The first-order valence-electron chi connectivity index (χ1n) is 5.64. The second kappa shape index (κ2) is 7.47. The van der Waals surface area contributed by atoms with E-state index in [2.05, 4.69) is 0 Å². The number of benzene rings is 1. The van der Waals surface area contributed by atoms with Gasteiger partial charge in [-0.1, -0.05) is 6.07 Å². The zero-order valence-corrected chi connectivity index (χ0v) is 12.7. The van der Waals surface area contributed by atoms with Crippen LogP contribution in [0.5, 0.6) is 5.75 Å².